The number of hydrogen-bond acceptors (Lipinski definition) is 2. The summed E-state index contributed by atoms with van der Waals surface area (Å²) in [5, 5.41) is 3.52. The number of hydrogen-bond donors (Lipinski definition) is 1. The lowest BCUT2D eigenvalue weighted by molar-refractivity contribution is 0.438. The molecule has 1 saturated heterocycles. The van der Waals surface area contributed by atoms with E-state index < -0.39 is 0 Å². The minimum atomic E-state index is 0.905. The van der Waals surface area contributed by atoms with Gasteiger partial charge in [0.25, 0.3) is 0 Å². The van der Waals surface area contributed by atoms with Crippen LogP contribution in [-0.4, -0.2) is 19.6 Å². The summed E-state index contributed by atoms with van der Waals surface area (Å²) in [5.74, 6) is 0.905. The molecule has 0 unspecified atom stereocenters. The van der Waals surface area contributed by atoms with Crippen LogP contribution in [0.2, 0.25) is 0 Å². The molecule has 17 heavy (non-hydrogen) atoms. The Morgan fingerprint density at radius 3 is 2.88 bits per heavy atom. The van der Waals surface area contributed by atoms with Crippen molar-refractivity contribution in [1.29, 1.82) is 0 Å². The van der Waals surface area contributed by atoms with Gasteiger partial charge in [-0.05, 0) is 49.3 Å². The molecule has 1 aromatic rings. The molecular formula is C15H22N2. The van der Waals surface area contributed by atoms with Crippen LogP contribution in [0.25, 0.3) is 0 Å². The van der Waals surface area contributed by atoms with Crippen molar-refractivity contribution in [3.05, 3.63) is 23.8 Å². The Morgan fingerprint density at radius 1 is 1.24 bits per heavy atom. The van der Waals surface area contributed by atoms with E-state index in [0.717, 1.165) is 12.5 Å². The first kappa shape index (κ1) is 10.9. The maximum absolute atomic E-state index is 3.52. The van der Waals surface area contributed by atoms with E-state index in [0.29, 0.717) is 0 Å². The largest absolute Gasteiger partial charge is 0.385 e. The van der Waals surface area contributed by atoms with Crippen molar-refractivity contribution in [3.63, 3.8) is 0 Å². The maximum atomic E-state index is 3.52. The zero-order chi connectivity index (χ0) is 11.7. The van der Waals surface area contributed by atoms with Gasteiger partial charge >= 0.3 is 0 Å². The Bertz CT molecular complexity index is 392. The first-order chi connectivity index (χ1) is 8.33. The summed E-state index contributed by atoms with van der Waals surface area (Å²) in [4.78, 5) is 2.54. The number of anilines is 2. The molecule has 2 nitrogen and oxygen atoms in total. The van der Waals surface area contributed by atoms with E-state index in [9.17, 15) is 0 Å². The van der Waals surface area contributed by atoms with Gasteiger partial charge < -0.3 is 10.2 Å². The van der Waals surface area contributed by atoms with Crippen LogP contribution in [-0.2, 0) is 6.42 Å². The van der Waals surface area contributed by atoms with Gasteiger partial charge in [-0.15, -0.1) is 0 Å². The van der Waals surface area contributed by atoms with Crippen molar-refractivity contribution in [2.24, 2.45) is 5.92 Å². The number of fused-ring (bicyclic) bond motifs is 1. The van der Waals surface area contributed by atoms with E-state index in [1.54, 1.807) is 0 Å². The predicted octanol–water partition coefficient (Wildman–Crippen LogP) is 3.28. The molecule has 1 aromatic carbocycles. The van der Waals surface area contributed by atoms with Crippen molar-refractivity contribution in [2.75, 3.05) is 29.9 Å². The van der Waals surface area contributed by atoms with E-state index >= 15 is 0 Å². The SMILES string of the molecule is CC1CCN(c2ccc3c(c2)NCCC3)CC1. The third-order valence-electron chi connectivity index (χ3n) is 4.18. The average Bonchev–Trinajstić information content (AvgIpc) is 2.39. The minimum Gasteiger partial charge on any atom is -0.385 e. The van der Waals surface area contributed by atoms with E-state index in [2.05, 4.69) is 35.3 Å². The first-order valence-electron chi connectivity index (χ1n) is 6.95. The second kappa shape index (κ2) is 4.59. The minimum absolute atomic E-state index is 0.905. The van der Waals surface area contributed by atoms with Crippen molar-refractivity contribution < 1.29 is 0 Å². The molecule has 2 heterocycles. The van der Waals surface area contributed by atoms with Gasteiger partial charge in [-0.25, -0.2) is 0 Å². The Kier molecular flexibility index (Phi) is 2.96. The van der Waals surface area contributed by atoms with Gasteiger partial charge in [0.1, 0.15) is 0 Å². The number of benzene rings is 1. The number of nitrogens with one attached hydrogen (secondary N) is 1. The molecule has 0 amide bonds. The molecule has 0 spiro atoms. The summed E-state index contributed by atoms with van der Waals surface area (Å²) in [6, 6.07) is 6.97. The number of aryl methyl sites for hydroxylation is 1. The normalized spacial score (nSPS) is 20.9. The molecule has 0 radical (unpaired) electrons. The third kappa shape index (κ3) is 2.26. The molecule has 0 atom stereocenters. The number of nitrogens with zero attached hydrogens (tertiary/aromatic N) is 1. The lowest BCUT2D eigenvalue weighted by Crippen LogP contribution is -2.32. The molecule has 92 valence electrons. The lowest BCUT2D eigenvalue weighted by Gasteiger charge is -2.33. The van der Waals surface area contributed by atoms with Crippen LogP contribution < -0.4 is 10.2 Å². The Morgan fingerprint density at radius 2 is 2.06 bits per heavy atom. The van der Waals surface area contributed by atoms with Gasteiger partial charge in [-0.3, -0.25) is 0 Å². The lowest BCUT2D eigenvalue weighted by atomic mass is 9.98. The van der Waals surface area contributed by atoms with Crippen molar-refractivity contribution >= 4 is 11.4 Å². The molecule has 1 fully saturated rings. The Hall–Kier alpha value is -1.18. The highest BCUT2D eigenvalue weighted by Crippen LogP contribution is 2.29. The summed E-state index contributed by atoms with van der Waals surface area (Å²) in [5.41, 5.74) is 4.27. The van der Waals surface area contributed by atoms with Gasteiger partial charge in [0.15, 0.2) is 0 Å². The molecule has 2 heteroatoms. The van der Waals surface area contributed by atoms with Crippen molar-refractivity contribution in [2.45, 2.75) is 32.6 Å². The highest BCUT2D eigenvalue weighted by atomic mass is 15.1. The molecule has 0 saturated carbocycles. The fourth-order valence-corrected chi connectivity index (χ4v) is 2.91. The van der Waals surface area contributed by atoms with Crippen LogP contribution in [0.4, 0.5) is 11.4 Å². The van der Waals surface area contributed by atoms with Crippen LogP contribution in [0, 0.1) is 5.92 Å². The maximum Gasteiger partial charge on any atom is 0.0393 e. The van der Waals surface area contributed by atoms with E-state index in [-0.39, 0.29) is 0 Å². The van der Waals surface area contributed by atoms with Crippen LogP contribution in [0.5, 0.6) is 0 Å². The van der Waals surface area contributed by atoms with Gasteiger partial charge in [0.05, 0.1) is 0 Å². The monoisotopic (exact) mass is 230 g/mol. The zero-order valence-corrected chi connectivity index (χ0v) is 10.7. The Labute approximate surface area is 104 Å². The summed E-state index contributed by atoms with van der Waals surface area (Å²) in [7, 11) is 0. The van der Waals surface area contributed by atoms with E-state index in [1.807, 2.05) is 0 Å². The summed E-state index contributed by atoms with van der Waals surface area (Å²) in [6.07, 6.45) is 5.18. The molecule has 0 aliphatic carbocycles. The first-order valence-corrected chi connectivity index (χ1v) is 6.95. The quantitative estimate of drug-likeness (QED) is 0.796. The fraction of sp³-hybridized carbons (Fsp3) is 0.600. The van der Waals surface area contributed by atoms with Crippen LogP contribution in [0.15, 0.2) is 18.2 Å². The smallest absolute Gasteiger partial charge is 0.0393 e. The van der Waals surface area contributed by atoms with Crippen molar-refractivity contribution in [1.82, 2.24) is 0 Å². The van der Waals surface area contributed by atoms with Gasteiger partial charge in [0, 0.05) is 31.0 Å². The fourth-order valence-electron chi connectivity index (χ4n) is 2.91. The van der Waals surface area contributed by atoms with Gasteiger partial charge in [-0.2, -0.15) is 0 Å². The highest BCUT2D eigenvalue weighted by Gasteiger charge is 2.17. The molecule has 2 aliphatic heterocycles. The molecule has 1 N–H and O–H groups in total. The predicted molar refractivity (Wildman–Crippen MR) is 73.9 cm³/mol. The molecule has 0 aromatic heterocycles. The van der Waals surface area contributed by atoms with E-state index in [1.165, 1.54) is 55.7 Å². The molecule has 0 bridgehead atoms. The average molecular weight is 230 g/mol. The van der Waals surface area contributed by atoms with Crippen LogP contribution in [0.1, 0.15) is 31.7 Å². The summed E-state index contributed by atoms with van der Waals surface area (Å²) >= 11 is 0. The molecule has 3 rings (SSSR count). The second-order valence-corrected chi connectivity index (χ2v) is 5.54. The number of rotatable bonds is 1. The van der Waals surface area contributed by atoms with Crippen LogP contribution >= 0.6 is 0 Å². The topological polar surface area (TPSA) is 15.3 Å². The zero-order valence-electron chi connectivity index (χ0n) is 10.7. The van der Waals surface area contributed by atoms with Crippen LogP contribution in [0.3, 0.4) is 0 Å². The van der Waals surface area contributed by atoms with Gasteiger partial charge in [-0.1, -0.05) is 13.0 Å². The van der Waals surface area contributed by atoms with Crippen molar-refractivity contribution in [3.8, 4) is 0 Å². The molecular weight excluding hydrogens is 208 g/mol. The van der Waals surface area contributed by atoms with E-state index in [4.69, 9.17) is 0 Å². The van der Waals surface area contributed by atoms with Gasteiger partial charge in [0.2, 0.25) is 0 Å². The number of piperidine rings is 1. The second-order valence-electron chi connectivity index (χ2n) is 5.54. The summed E-state index contributed by atoms with van der Waals surface area (Å²) < 4.78 is 0. The summed E-state index contributed by atoms with van der Waals surface area (Å²) in [6.45, 7) is 5.94. The third-order valence-corrected chi connectivity index (χ3v) is 4.18. The highest BCUT2D eigenvalue weighted by molar-refractivity contribution is 5.63. The molecule has 2 aliphatic rings. The standard InChI is InChI=1S/C15H22N2/c1-12-6-9-17(10-7-12)14-5-4-13-3-2-8-16-15(13)11-14/h4-5,11-12,16H,2-3,6-10H2,1H3. The Balaban J connectivity index is 1.79.